The van der Waals surface area contributed by atoms with Crippen LogP contribution in [0.4, 0.5) is 92.2 Å². The van der Waals surface area contributed by atoms with E-state index in [0.717, 1.165) is 0 Å². The molecular weight excluding hydrogens is 874 g/mol. The molecular formula is C36H4BF21O2. The van der Waals surface area contributed by atoms with E-state index >= 15 is 43.9 Å². The Morgan fingerprint density at radius 2 is 0.683 bits per heavy atom. The smallest absolute Gasteiger partial charge is 0.521 e. The zero-order valence-corrected chi connectivity index (χ0v) is 27.6. The number of hydrogen-bond donors (Lipinski definition) is 0. The van der Waals surface area contributed by atoms with Gasteiger partial charge < -0.3 is 9.31 Å². The van der Waals surface area contributed by atoms with E-state index in [1.807, 2.05) is 0 Å². The van der Waals surface area contributed by atoms with E-state index in [-0.39, 0.29) is 18.2 Å². The fourth-order valence-corrected chi connectivity index (χ4v) is 6.18. The van der Waals surface area contributed by atoms with Crippen LogP contribution in [0, 0.1) is 122 Å². The molecule has 0 amide bonds. The first-order chi connectivity index (χ1) is 28.1. The van der Waals surface area contributed by atoms with E-state index in [0.29, 0.717) is 6.07 Å². The molecule has 2 nitrogen and oxygen atoms in total. The molecule has 0 bridgehead atoms. The van der Waals surface area contributed by atoms with Gasteiger partial charge in [0.25, 0.3) is 0 Å². The monoisotopic (exact) mass is 878 g/mol. The second-order valence-corrected chi connectivity index (χ2v) is 12.0. The third kappa shape index (κ3) is 5.73. The molecule has 0 radical (unpaired) electrons. The van der Waals surface area contributed by atoms with Crippen molar-refractivity contribution in [3.8, 4) is 22.6 Å². The fraction of sp³-hybridized carbons (Fsp3) is 0. The largest absolute Gasteiger partial charge is 0.636 e. The minimum Gasteiger partial charge on any atom is -0.521 e. The summed E-state index contributed by atoms with van der Waals surface area (Å²) < 4.78 is 324. The summed E-state index contributed by atoms with van der Waals surface area (Å²) in [7, 11) is -3.88. The van der Waals surface area contributed by atoms with Crippen LogP contribution in [0.15, 0.2) is 24.3 Å². The van der Waals surface area contributed by atoms with E-state index in [1.165, 1.54) is 0 Å². The van der Waals surface area contributed by atoms with Gasteiger partial charge in [0.15, 0.2) is 93.0 Å². The summed E-state index contributed by atoms with van der Waals surface area (Å²) in [6, 6.07) is 1.02. The molecule has 0 fully saturated rings. The van der Waals surface area contributed by atoms with Crippen LogP contribution in [0.25, 0.3) is 43.4 Å². The predicted molar refractivity (Wildman–Crippen MR) is 163 cm³/mol. The lowest BCUT2D eigenvalue weighted by Crippen LogP contribution is -2.46. The summed E-state index contributed by atoms with van der Waals surface area (Å²) in [4.78, 5) is 0. The van der Waals surface area contributed by atoms with E-state index in [1.54, 1.807) is 0 Å². The van der Waals surface area contributed by atoms with Crippen LogP contribution >= 0.6 is 0 Å². The van der Waals surface area contributed by atoms with Gasteiger partial charge in [0.05, 0.1) is 38.1 Å². The van der Waals surface area contributed by atoms with Crippen molar-refractivity contribution in [3.63, 3.8) is 0 Å². The zero-order chi connectivity index (χ0) is 44.3. The molecule has 0 spiro atoms. The Kier molecular flexibility index (Phi) is 9.97. The Balaban J connectivity index is 1.67. The molecule has 7 rings (SSSR count). The molecule has 60 heavy (non-hydrogen) atoms. The molecule has 0 saturated carbocycles. The van der Waals surface area contributed by atoms with Crippen molar-refractivity contribution in [3.05, 3.63) is 146 Å². The van der Waals surface area contributed by atoms with Crippen LogP contribution in [0.3, 0.4) is 0 Å². The third-order valence-electron chi connectivity index (χ3n) is 8.86. The van der Waals surface area contributed by atoms with Crippen LogP contribution in [-0.4, -0.2) is 7.12 Å². The molecule has 7 aromatic rings. The normalized spacial score (nSPS) is 11.8. The van der Waals surface area contributed by atoms with Crippen molar-refractivity contribution >= 4 is 44.9 Å². The minimum absolute atomic E-state index is 0.151. The highest BCUT2D eigenvalue weighted by atomic mass is 19.2. The lowest BCUT2D eigenvalue weighted by molar-refractivity contribution is 0.366. The highest BCUT2D eigenvalue weighted by molar-refractivity contribution is 6.66. The second-order valence-electron chi connectivity index (χ2n) is 12.0. The molecule has 24 heteroatoms. The van der Waals surface area contributed by atoms with Gasteiger partial charge in [-0.3, -0.25) is 0 Å². The van der Waals surface area contributed by atoms with E-state index in [2.05, 4.69) is 0 Å². The van der Waals surface area contributed by atoms with Crippen LogP contribution < -0.4 is 14.8 Å². The number of rotatable bonds is 6. The molecule has 0 aliphatic carbocycles. The maximum absolute atomic E-state index is 16.4. The quantitative estimate of drug-likeness (QED) is 0.0545. The standard InChI is InChI=1S/C36H4BF21O2/c38-6-3-4-8(5-1-2-7(39)17(40)9(5)6)59-37(60-36-15(25(48)32(55)34(57)35(36)58)14-23(46)30(53)33(56)31(54)24(14)47)16-10-11(20(43)27(50)26(16)49)19(42)13-12(18(10)41)21(44)28(51)29(52)22(13)45/h1-4H. The summed E-state index contributed by atoms with van der Waals surface area (Å²) in [6.45, 7) is 0. The van der Waals surface area contributed by atoms with Crippen LogP contribution in [0.5, 0.6) is 11.5 Å². The fourth-order valence-electron chi connectivity index (χ4n) is 6.18. The molecule has 0 aliphatic rings. The number of hydrogen-bond acceptors (Lipinski definition) is 2. The Labute approximate surface area is 315 Å². The Morgan fingerprint density at radius 1 is 0.283 bits per heavy atom. The first-order valence-corrected chi connectivity index (χ1v) is 15.5. The maximum Gasteiger partial charge on any atom is 0.636 e. The number of halogens is 21. The van der Waals surface area contributed by atoms with Gasteiger partial charge in [0.1, 0.15) is 23.2 Å². The Morgan fingerprint density at radius 3 is 1.22 bits per heavy atom. The van der Waals surface area contributed by atoms with E-state index in [4.69, 9.17) is 9.31 Å². The van der Waals surface area contributed by atoms with Crippen molar-refractivity contribution in [2.24, 2.45) is 0 Å². The molecule has 0 atom stereocenters. The molecule has 0 saturated heterocycles. The van der Waals surface area contributed by atoms with Crippen molar-refractivity contribution in [2.75, 3.05) is 0 Å². The summed E-state index contributed by atoms with van der Waals surface area (Å²) in [5.74, 6) is -63.9. The van der Waals surface area contributed by atoms with Crippen molar-refractivity contribution in [1.82, 2.24) is 0 Å². The minimum atomic E-state index is -3.88. The van der Waals surface area contributed by atoms with Crippen LogP contribution in [0.2, 0.25) is 0 Å². The number of benzene rings is 7. The van der Waals surface area contributed by atoms with Crippen molar-refractivity contribution in [2.45, 2.75) is 0 Å². The topological polar surface area (TPSA) is 18.5 Å². The highest BCUT2D eigenvalue weighted by Crippen LogP contribution is 2.44. The Hall–Kier alpha value is -6.49. The molecule has 0 aromatic heterocycles. The Bertz CT molecular complexity index is 3050. The molecule has 310 valence electrons. The lowest BCUT2D eigenvalue weighted by Gasteiger charge is -2.24. The van der Waals surface area contributed by atoms with Gasteiger partial charge in [0, 0.05) is 10.8 Å². The van der Waals surface area contributed by atoms with Gasteiger partial charge in [-0.05, 0) is 24.3 Å². The molecule has 0 unspecified atom stereocenters. The third-order valence-corrected chi connectivity index (χ3v) is 8.86. The summed E-state index contributed by atoms with van der Waals surface area (Å²) in [5, 5.41) is -12.1. The highest BCUT2D eigenvalue weighted by Gasteiger charge is 2.44. The van der Waals surface area contributed by atoms with Gasteiger partial charge >= 0.3 is 7.12 Å². The summed E-state index contributed by atoms with van der Waals surface area (Å²) >= 11 is 0. The molecule has 0 N–H and O–H groups in total. The van der Waals surface area contributed by atoms with E-state index < -0.39 is 190 Å². The van der Waals surface area contributed by atoms with Crippen LogP contribution in [0.1, 0.15) is 0 Å². The SMILES string of the molecule is Fc1ccc2c(OB(Oc3c(F)c(F)c(F)c(F)c3-c3c(F)c(F)c(F)c(F)c3F)c3c(F)c(F)c(F)c4c(F)c5c(F)c(F)c(F)c(F)c5c(F)c34)ccc(F)c2c1F. The van der Waals surface area contributed by atoms with Crippen LogP contribution in [-0.2, 0) is 0 Å². The number of fused-ring (bicyclic) bond motifs is 3. The first-order valence-electron chi connectivity index (χ1n) is 15.5. The molecule has 0 aliphatic heterocycles. The molecule has 7 aromatic carbocycles. The second kappa shape index (κ2) is 14.4. The average molecular weight is 878 g/mol. The van der Waals surface area contributed by atoms with Gasteiger partial charge in [0.2, 0.25) is 17.5 Å². The van der Waals surface area contributed by atoms with Crippen molar-refractivity contribution < 1.29 is 102 Å². The van der Waals surface area contributed by atoms with E-state index in [9.17, 15) is 48.3 Å². The summed E-state index contributed by atoms with van der Waals surface area (Å²) in [6.07, 6.45) is 0. The summed E-state index contributed by atoms with van der Waals surface area (Å²) in [5.41, 5.74) is -7.91. The average Bonchev–Trinajstić information content (AvgIpc) is 3.21. The lowest BCUT2D eigenvalue weighted by atomic mass is 9.73. The zero-order valence-electron chi connectivity index (χ0n) is 27.6. The first kappa shape index (κ1) is 41.7. The maximum atomic E-state index is 16.4. The van der Waals surface area contributed by atoms with Crippen molar-refractivity contribution in [1.29, 1.82) is 0 Å². The van der Waals surface area contributed by atoms with Gasteiger partial charge in [-0.25, -0.2) is 87.8 Å². The van der Waals surface area contributed by atoms with Gasteiger partial charge in [-0.2, -0.15) is 4.39 Å². The predicted octanol–water partition coefficient (Wildman–Crippen LogP) is 11.6. The van der Waals surface area contributed by atoms with Gasteiger partial charge in [-0.15, -0.1) is 0 Å². The van der Waals surface area contributed by atoms with Gasteiger partial charge in [-0.1, -0.05) is 0 Å². The molecule has 0 heterocycles.